The number of aromatic nitrogens is 3. The number of pyridine rings is 1. The monoisotopic (exact) mass is 437 g/mol. The molecule has 0 saturated carbocycles. The number of benzene rings is 1. The van der Waals surface area contributed by atoms with Gasteiger partial charge in [0.05, 0.1) is 33.8 Å². The minimum atomic E-state index is -1.31. The zero-order valence-corrected chi connectivity index (χ0v) is 18.2. The van der Waals surface area contributed by atoms with E-state index in [0.29, 0.717) is 28.0 Å². The minimum absolute atomic E-state index is 0.310. The van der Waals surface area contributed by atoms with Gasteiger partial charge in [-0.25, -0.2) is 9.97 Å². The van der Waals surface area contributed by atoms with Crippen LogP contribution in [0.2, 0.25) is 0 Å². The largest absolute Gasteiger partial charge is 0.363 e. The summed E-state index contributed by atoms with van der Waals surface area (Å²) < 4.78 is 12.2. The molecule has 0 spiro atoms. The van der Waals surface area contributed by atoms with Crippen LogP contribution in [0.3, 0.4) is 0 Å². The lowest BCUT2D eigenvalue weighted by molar-refractivity contribution is -0.111. The molecule has 2 aromatic heterocycles. The number of carbonyl (C=O) groups is 1. The van der Waals surface area contributed by atoms with Gasteiger partial charge in [-0.05, 0) is 36.4 Å². The summed E-state index contributed by atoms with van der Waals surface area (Å²) in [5.74, 6) is 1.24. The number of carbonyl (C=O) groups excluding carboxylic acids is 1. The molecule has 9 nitrogen and oxygen atoms in total. The zero-order chi connectivity index (χ0) is 22.4. The Kier molecular flexibility index (Phi) is 6.93. The Bertz CT molecular complexity index is 1120. The maximum absolute atomic E-state index is 12.2. The average molecular weight is 438 g/mol. The van der Waals surface area contributed by atoms with E-state index in [-0.39, 0.29) is 5.91 Å². The third-order valence-corrected chi connectivity index (χ3v) is 5.02. The van der Waals surface area contributed by atoms with E-state index in [1.807, 2.05) is 37.2 Å². The molecule has 3 aromatic rings. The second kappa shape index (κ2) is 9.81. The number of anilines is 6. The van der Waals surface area contributed by atoms with E-state index in [0.717, 1.165) is 11.5 Å². The standard InChI is InChI=1S/C21H23N7O2S/c1-5-19(29)24-14-7-6-8-15(11-14)25-20-17(31(4)30)13-23-21(27-20)26-16-9-10-18(22-12-16)28(2)3/h5-13H,1H2,2-4H3,(H,24,29)(H2,23,25,26,27). The Hall–Kier alpha value is -3.79. The smallest absolute Gasteiger partial charge is 0.247 e. The van der Waals surface area contributed by atoms with Crippen molar-refractivity contribution in [3.05, 3.63) is 61.4 Å². The molecule has 1 amide bonds. The molecular formula is C21H23N7O2S. The van der Waals surface area contributed by atoms with Gasteiger partial charge in [0, 0.05) is 31.7 Å². The normalized spacial score (nSPS) is 11.3. The first-order valence-corrected chi connectivity index (χ1v) is 10.8. The predicted octanol–water partition coefficient (Wildman–Crippen LogP) is 3.29. The zero-order valence-electron chi connectivity index (χ0n) is 17.4. The van der Waals surface area contributed by atoms with Crippen LogP contribution in [0.15, 0.2) is 66.3 Å². The van der Waals surface area contributed by atoms with Crippen LogP contribution < -0.4 is 20.9 Å². The van der Waals surface area contributed by atoms with E-state index in [2.05, 4.69) is 37.5 Å². The van der Waals surface area contributed by atoms with Crippen LogP contribution >= 0.6 is 0 Å². The van der Waals surface area contributed by atoms with Gasteiger partial charge in [0.15, 0.2) is 5.82 Å². The summed E-state index contributed by atoms with van der Waals surface area (Å²) in [6.45, 7) is 3.44. The van der Waals surface area contributed by atoms with Crippen LogP contribution in [0.4, 0.5) is 34.6 Å². The highest BCUT2D eigenvalue weighted by molar-refractivity contribution is 7.84. The summed E-state index contributed by atoms with van der Waals surface area (Å²) in [5.41, 5.74) is 1.97. The molecule has 0 bridgehead atoms. The van der Waals surface area contributed by atoms with Gasteiger partial charge in [-0.1, -0.05) is 12.6 Å². The molecule has 1 unspecified atom stereocenters. The van der Waals surface area contributed by atoms with Crippen molar-refractivity contribution >= 4 is 51.4 Å². The van der Waals surface area contributed by atoms with Crippen molar-refractivity contribution < 1.29 is 9.00 Å². The second-order valence-corrected chi connectivity index (χ2v) is 8.03. The first-order chi connectivity index (χ1) is 14.9. The lowest BCUT2D eigenvalue weighted by atomic mass is 10.2. The lowest BCUT2D eigenvalue weighted by Gasteiger charge is -2.14. The maximum atomic E-state index is 12.2. The van der Waals surface area contributed by atoms with Crippen molar-refractivity contribution in [1.82, 2.24) is 15.0 Å². The van der Waals surface area contributed by atoms with Gasteiger partial charge in [-0.15, -0.1) is 0 Å². The average Bonchev–Trinajstić information content (AvgIpc) is 2.74. The molecule has 0 saturated heterocycles. The van der Waals surface area contributed by atoms with Crippen molar-refractivity contribution in [2.24, 2.45) is 0 Å². The first-order valence-electron chi connectivity index (χ1n) is 9.27. The van der Waals surface area contributed by atoms with Crippen molar-refractivity contribution in [3.63, 3.8) is 0 Å². The van der Waals surface area contributed by atoms with Gasteiger partial charge in [-0.2, -0.15) is 4.98 Å². The van der Waals surface area contributed by atoms with E-state index in [1.54, 1.807) is 30.7 Å². The number of nitrogens with zero attached hydrogens (tertiary/aromatic N) is 4. The summed E-state index contributed by atoms with van der Waals surface area (Å²) in [7, 11) is 2.52. The molecule has 0 fully saturated rings. The van der Waals surface area contributed by atoms with E-state index < -0.39 is 10.8 Å². The van der Waals surface area contributed by atoms with E-state index in [4.69, 9.17) is 0 Å². The van der Waals surface area contributed by atoms with Gasteiger partial charge >= 0.3 is 0 Å². The number of nitrogens with one attached hydrogen (secondary N) is 3. The fourth-order valence-corrected chi connectivity index (χ4v) is 3.16. The molecular weight excluding hydrogens is 414 g/mol. The molecule has 3 N–H and O–H groups in total. The molecule has 31 heavy (non-hydrogen) atoms. The lowest BCUT2D eigenvalue weighted by Crippen LogP contribution is -2.10. The first kappa shape index (κ1) is 21.9. The van der Waals surface area contributed by atoms with Gasteiger partial charge < -0.3 is 20.9 Å². The highest BCUT2D eigenvalue weighted by Gasteiger charge is 2.12. The van der Waals surface area contributed by atoms with Gasteiger partial charge in [0.1, 0.15) is 5.82 Å². The fourth-order valence-electron chi connectivity index (χ4n) is 2.59. The highest BCUT2D eigenvalue weighted by atomic mass is 32.2. The van der Waals surface area contributed by atoms with Crippen molar-refractivity contribution in [1.29, 1.82) is 0 Å². The fraction of sp³-hybridized carbons (Fsp3) is 0.143. The Balaban J connectivity index is 1.85. The van der Waals surface area contributed by atoms with Crippen LogP contribution in [0.25, 0.3) is 0 Å². The van der Waals surface area contributed by atoms with Crippen LogP contribution in [0.1, 0.15) is 0 Å². The quantitative estimate of drug-likeness (QED) is 0.460. The summed E-state index contributed by atoms with van der Waals surface area (Å²) in [5, 5.41) is 8.95. The molecule has 1 atom stereocenters. The topological polar surface area (TPSA) is 112 Å². The van der Waals surface area contributed by atoms with Crippen LogP contribution in [0.5, 0.6) is 0 Å². The third-order valence-electron chi connectivity index (χ3n) is 4.11. The highest BCUT2D eigenvalue weighted by Crippen LogP contribution is 2.25. The number of amides is 1. The molecule has 0 radical (unpaired) electrons. The van der Waals surface area contributed by atoms with Crippen molar-refractivity contribution in [2.45, 2.75) is 4.90 Å². The molecule has 0 aliphatic heterocycles. The SMILES string of the molecule is C=CC(=O)Nc1cccc(Nc2nc(Nc3ccc(N(C)C)nc3)ncc2S(C)=O)c1. The van der Waals surface area contributed by atoms with Crippen molar-refractivity contribution in [3.8, 4) is 0 Å². The molecule has 10 heteroatoms. The summed E-state index contributed by atoms with van der Waals surface area (Å²) in [6, 6.07) is 10.8. The molecule has 1 aromatic carbocycles. The second-order valence-electron chi connectivity index (χ2n) is 6.68. The molecule has 0 aliphatic carbocycles. The van der Waals surface area contributed by atoms with Gasteiger partial charge in [0.2, 0.25) is 11.9 Å². The Morgan fingerprint density at radius 2 is 1.84 bits per heavy atom. The Morgan fingerprint density at radius 1 is 1.06 bits per heavy atom. The molecule has 3 rings (SSSR count). The summed E-state index contributed by atoms with van der Waals surface area (Å²) in [4.78, 5) is 27.0. The van der Waals surface area contributed by atoms with E-state index in [9.17, 15) is 9.00 Å². The molecule has 160 valence electrons. The van der Waals surface area contributed by atoms with E-state index in [1.165, 1.54) is 12.3 Å². The van der Waals surface area contributed by atoms with Crippen LogP contribution in [-0.4, -0.2) is 45.4 Å². The maximum Gasteiger partial charge on any atom is 0.247 e. The Morgan fingerprint density at radius 3 is 2.48 bits per heavy atom. The van der Waals surface area contributed by atoms with E-state index >= 15 is 0 Å². The molecule has 0 aliphatic rings. The number of rotatable bonds is 8. The van der Waals surface area contributed by atoms with Crippen LogP contribution in [0, 0.1) is 0 Å². The molecule has 2 heterocycles. The van der Waals surface area contributed by atoms with Crippen molar-refractivity contribution in [2.75, 3.05) is 41.2 Å². The minimum Gasteiger partial charge on any atom is -0.363 e. The Labute approximate surface area is 183 Å². The summed E-state index contributed by atoms with van der Waals surface area (Å²) in [6.07, 6.45) is 5.95. The number of hydrogen-bond acceptors (Lipinski definition) is 8. The van der Waals surface area contributed by atoms with Gasteiger partial charge in [0.25, 0.3) is 0 Å². The number of hydrogen-bond donors (Lipinski definition) is 3. The van der Waals surface area contributed by atoms with Gasteiger partial charge in [-0.3, -0.25) is 9.00 Å². The van der Waals surface area contributed by atoms with Crippen LogP contribution in [-0.2, 0) is 15.6 Å². The predicted molar refractivity (Wildman–Crippen MR) is 125 cm³/mol. The third kappa shape index (κ3) is 5.86. The summed E-state index contributed by atoms with van der Waals surface area (Å²) >= 11 is 0.